The Labute approximate surface area is 169 Å². The summed E-state index contributed by atoms with van der Waals surface area (Å²) in [7, 11) is 1.97. The van der Waals surface area contributed by atoms with E-state index < -0.39 is 0 Å². The molecule has 1 saturated heterocycles. The highest BCUT2D eigenvalue weighted by molar-refractivity contribution is 5.23. The van der Waals surface area contributed by atoms with E-state index in [1.54, 1.807) is 4.57 Å². The van der Waals surface area contributed by atoms with Gasteiger partial charge in [0.1, 0.15) is 18.5 Å². The molecule has 0 unspecified atom stereocenters. The molecule has 8 nitrogen and oxygen atoms in total. The number of hydrogen-bond acceptors (Lipinski definition) is 5. The first-order valence-corrected chi connectivity index (χ1v) is 10.4. The maximum atomic E-state index is 13.0. The van der Waals surface area contributed by atoms with Crippen LogP contribution in [-0.4, -0.2) is 35.7 Å². The van der Waals surface area contributed by atoms with Crippen LogP contribution in [0.3, 0.4) is 0 Å². The molecule has 1 saturated carbocycles. The van der Waals surface area contributed by atoms with E-state index in [1.165, 1.54) is 23.1 Å². The summed E-state index contributed by atoms with van der Waals surface area (Å²) in [6.45, 7) is 3.51. The van der Waals surface area contributed by atoms with Crippen molar-refractivity contribution in [1.82, 2.24) is 29.1 Å². The van der Waals surface area contributed by atoms with Crippen molar-refractivity contribution < 1.29 is 4.74 Å². The van der Waals surface area contributed by atoms with E-state index in [0.29, 0.717) is 31.4 Å². The topological polar surface area (TPSA) is 79.8 Å². The monoisotopic (exact) mass is 394 g/mol. The number of benzene rings is 1. The van der Waals surface area contributed by atoms with Crippen molar-refractivity contribution in [3.05, 3.63) is 63.9 Å². The molecule has 0 spiro atoms. The van der Waals surface area contributed by atoms with Crippen molar-refractivity contribution >= 4 is 0 Å². The van der Waals surface area contributed by atoms with Gasteiger partial charge in [0.05, 0.1) is 0 Å². The van der Waals surface area contributed by atoms with Crippen LogP contribution in [0.4, 0.5) is 0 Å². The van der Waals surface area contributed by atoms with Gasteiger partial charge in [0.25, 0.3) is 0 Å². The summed E-state index contributed by atoms with van der Waals surface area (Å²) >= 11 is 0. The summed E-state index contributed by atoms with van der Waals surface area (Å²) in [5.41, 5.74) is 1.10. The number of ether oxygens (including phenoxy) is 1. The van der Waals surface area contributed by atoms with Gasteiger partial charge in [0.2, 0.25) is 0 Å². The molecule has 2 aliphatic rings. The van der Waals surface area contributed by atoms with Gasteiger partial charge in [0.15, 0.2) is 11.6 Å². The quantitative estimate of drug-likeness (QED) is 0.641. The van der Waals surface area contributed by atoms with Gasteiger partial charge in [-0.2, -0.15) is 5.10 Å². The molecule has 1 aliphatic heterocycles. The lowest BCUT2D eigenvalue weighted by Gasteiger charge is -2.18. The zero-order valence-corrected chi connectivity index (χ0v) is 16.9. The van der Waals surface area contributed by atoms with E-state index >= 15 is 0 Å². The van der Waals surface area contributed by atoms with Gasteiger partial charge < -0.3 is 9.30 Å². The molecule has 8 heteroatoms. The molecule has 0 N–H and O–H groups in total. The van der Waals surface area contributed by atoms with E-state index in [2.05, 4.69) is 22.3 Å². The fraction of sp³-hybridized carbons (Fsp3) is 0.524. The number of hydrogen-bond donors (Lipinski definition) is 0. The first kappa shape index (κ1) is 18.3. The minimum absolute atomic E-state index is 0.124. The Bertz CT molecular complexity index is 1060. The molecule has 0 amide bonds. The molecule has 1 aromatic carbocycles. The van der Waals surface area contributed by atoms with Crippen molar-refractivity contribution in [2.75, 3.05) is 6.61 Å². The third-order valence-corrected chi connectivity index (χ3v) is 6.07. The molecule has 0 radical (unpaired) electrons. The molecular formula is C21H26N6O2. The second-order valence-electron chi connectivity index (χ2n) is 7.95. The van der Waals surface area contributed by atoms with E-state index in [4.69, 9.17) is 9.84 Å². The van der Waals surface area contributed by atoms with Crippen LogP contribution in [0.1, 0.15) is 67.2 Å². The summed E-state index contributed by atoms with van der Waals surface area (Å²) in [6.07, 6.45) is 3.04. The van der Waals surface area contributed by atoms with Crippen LogP contribution in [0.25, 0.3) is 0 Å². The van der Waals surface area contributed by atoms with Crippen LogP contribution in [-0.2, 0) is 24.9 Å². The highest BCUT2D eigenvalue weighted by Crippen LogP contribution is 2.41. The summed E-state index contributed by atoms with van der Waals surface area (Å²) in [5, 5.41) is 13.3. The Balaban J connectivity index is 1.48. The lowest BCUT2D eigenvalue weighted by molar-refractivity contribution is 0.0934. The van der Waals surface area contributed by atoms with Crippen LogP contribution in [0.2, 0.25) is 0 Å². The molecule has 1 aliphatic carbocycles. The zero-order valence-electron chi connectivity index (χ0n) is 16.9. The van der Waals surface area contributed by atoms with E-state index in [-0.39, 0.29) is 17.7 Å². The molecule has 2 atom stereocenters. The Morgan fingerprint density at radius 2 is 1.90 bits per heavy atom. The highest BCUT2D eigenvalue weighted by atomic mass is 16.5. The Morgan fingerprint density at radius 3 is 2.62 bits per heavy atom. The molecule has 29 heavy (non-hydrogen) atoms. The maximum Gasteiger partial charge on any atom is 0.346 e. The summed E-state index contributed by atoms with van der Waals surface area (Å²) in [5.74, 6) is 3.18. The highest BCUT2D eigenvalue weighted by Gasteiger charge is 2.36. The van der Waals surface area contributed by atoms with Gasteiger partial charge >= 0.3 is 5.69 Å². The Hall–Kier alpha value is -2.74. The van der Waals surface area contributed by atoms with Gasteiger partial charge in [-0.25, -0.2) is 9.48 Å². The van der Waals surface area contributed by atoms with Crippen LogP contribution in [0.5, 0.6) is 0 Å². The fourth-order valence-electron chi connectivity index (χ4n) is 4.30. The second kappa shape index (κ2) is 7.26. The minimum atomic E-state index is -0.215. The zero-order chi connectivity index (χ0) is 20.0. The first-order valence-electron chi connectivity index (χ1n) is 10.4. The van der Waals surface area contributed by atoms with Crippen LogP contribution >= 0.6 is 0 Å². The summed E-state index contributed by atoms with van der Waals surface area (Å²) < 4.78 is 11.3. The largest absolute Gasteiger partial charge is 0.370 e. The Kier molecular flexibility index (Phi) is 4.58. The molecule has 0 bridgehead atoms. The fourth-order valence-corrected chi connectivity index (χ4v) is 4.30. The normalized spacial score (nSPS) is 21.7. The van der Waals surface area contributed by atoms with Crippen LogP contribution < -0.4 is 5.69 Å². The average Bonchev–Trinajstić information content (AvgIpc) is 3.22. The van der Waals surface area contributed by atoms with E-state index in [0.717, 1.165) is 18.1 Å². The molecule has 152 valence electrons. The molecule has 3 heterocycles. The Morgan fingerprint density at radius 1 is 1.10 bits per heavy atom. The summed E-state index contributed by atoms with van der Waals surface area (Å²) in [4.78, 5) is 13.0. The number of nitrogens with zero attached hydrogens (tertiary/aromatic N) is 6. The van der Waals surface area contributed by atoms with Crippen molar-refractivity contribution in [3.63, 3.8) is 0 Å². The molecule has 3 aromatic rings. The van der Waals surface area contributed by atoms with Gasteiger partial charge in [-0.15, -0.1) is 10.2 Å². The average molecular weight is 394 g/mol. The summed E-state index contributed by atoms with van der Waals surface area (Å²) in [6, 6.07) is 10.3. The van der Waals surface area contributed by atoms with E-state index in [9.17, 15) is 4.79 Å². The molecule has 5 rings (SSSR count). The van der Waals surface area contributed by atoms with Gasteiger partial charge in [-0.3, -0.25) is 4.57 Å². The molecule has 2 fully saturated rings. The smallest absolute Gasteiger partial charge is 0.346 e. The van der Waals surface area contributed by atoms with Gasteiger partial charge in [-0.1, -0.05) is 30.3 Å². The third kappa shape index (κ3) is 3.21. The lowest BCUT2D eigenvalue weighted by atomic mass is 9.92. The minimum Gasteiger partial charge on any atom is -0.370 e. The predicted octanol–water partition coefficient (Wildman–Crippen LogP) is 2.36. The van der Waals surface area contributed by atoms with E-state index in [1.807, 2.05) is 36.7 Å². The number of aromatic nitrogens is 6. The molecule has 2 aromatic heterocycles. The number of rotatable bonds is 6. The van der Waals surface area contributed by atoms with Crippen molar-refractivity contribution in [2.45, 2.75) is 57.2 Å². The third-order valence-electron chi connectivity index (χ3n) is 6.07. The van der Waals surface area contributed by atoms with Gasteiger partial charge in [0, 0.05) is 32.0 Å². The predicted molar refractivity (Wildman–Crippen MR) is 107 cm³/mol. The van der Waals surface area contributed by atoms with Crippen molar-refractivity contribution in [1.29, 1.82) is 0 Å². The van der Waals surface area contributed by atoms with Crippen molar-refractivity contribution in [3.8, 4) is 0 Å². The van der Waals surface area contributed by atoms with Gasteiger partial charge in [-0.05, 0) is 31.7 Å². The first-order chi connectivity index (χ1) is 14.2. The SMILES string of the molecule is CCn1c([C@H]2OCC[C@H]2c2ccccc2)nn(Cc2nnc(C3CC3)n2C)c1=O. The van der Waals surface area contributed by atoms with Crippen LogP contribution in [0.15, 0.2) is 35.1 Å². The van der Waals surface area contributed by atoms with Crippen molar-refractivity contribution in [2.24, 2.45) is 7.05 Å². The lowest BCUT2D eigenvalue weighted by Crippen LogP contribution is -2.26. The second-order valence-corrected chi connectivity index (χ2v) is 7.95. The maximum absolute atomic E-state index is 13.0. The standard InChI is InChI=1S/C21H26N6O2/c1-3-26-20(18-16(11-12-29-18)14-7-5-4-6-8-14)24-27(21(26)28)13-17-22-23-19(25(17)2)15-9-10-15/h4-8,15-16,18H,3,9-13H2,1-2H3/t16-,18-/m0/s1. The van der Waals surface area contributed by atoms with Crippen LogP contribution in [0, 0.1) is 0 Å². The molecular weight excluding hydrogens is 368 g/mol.